The van der Waals surface area contributed by atoms with Crippen LogP contribution in [0.4, 0.5) is 11.6 Å². The summed E-state index contributed by atoms with van der Waals surface area (Å²) in [6.45, 7) is 1.91. The van der Waals surface area contributed by atoms with Gasteiger partial charge < -0.3 is 9.30 Å². The number of hydrogen-bond acceptors (Lipinski definition) is 6. The number of aromatic nitrogens is 2. The lowest BCUT2D eigenvalue weighted by atomic mass is 9.88. The summed E-state index contributed by atoms with van der Waals surface area (Å²) >= 11 is 0. The summed E-state index contributed by atoms with van der Waals surface area (Å²) in [6, 6.07) is 21.8. The highest BCUT2D eigenvalue weighted by atomic mass is 16.6. The van der Waals surface area contributed by atoms with Crippen molar-refractivity contribution in [3.63, 3.8) is 0 Å². The molecule has 5 rings (SSSR count). The van der Waals surface area contributed by atoms with Gasteiger partial charge in [0.1, 0.15) is 0 Å². The first-order chi connectivity index (χ1) is 17.0. The van der Waals surface area contributed by atoms with Gasteiger partial charge in [-0.15, -0.1) is 0 Å². The number of fused-ring (bicyclic) bond motifs is 3. The number of rotatable bonds is 6. The second-order valence-electron chi connectivity index (χ2n) is 8.17. The Morgan fingerprint density at radius 3 is 2.46 bits per heavy atom. The monoisotopic (exact) mass is 470 g/mol. The van der Waals surface area contributed by atoms with Crippen molar-refractivity contribution in [1.82, 2.24) is 9.55 Å². The summed E-state index contributed by atoms with van der Waals surface area (Å²) in [7, 11) is 0. The van der Waals surface area contributed by atoms with Gasteiger partial charge in [-0.1, -0.05) is 60.7 Å². The van der Waals surface area contributed by atoms with E-state index in [0.717, 1.165) is 5.56 Å². The van der Waals surface area contributed by atoms with Gasteiger partial charge in [0, 0.05) is 6.07 Å². The average molecular weight is 470 g/mol. The van der Waals surface area contributed by atoms with Crippen LogP contribution in [0.2, 0.25) is 0 Å². The number of nitro groups is 1. The number of hydrogen-bond donors (Lipinski definition) is 0. The summed E-state index contributed by atoms with van der Waals surface area (Å²) < 4.78 is 7.07. The van der Waals surface area contributed by atoms with Crippen LogP contribution in [0, 0.1) is 16.0 Å². The largest absolute Gasteiger partial charge is 0.465 e. The third-order valence-corrected chi connectivity index (χ3v) is 6.12. The number of anilines is 1. The molecule has 0 fully saturated rings. The van der Waals surface area contributed by atoms with Gasteiger partial charge >= 0.3 is 5.97 Å². The standard InChI is InChI=1S/C26H22N4O5/c1-2-35-25(32)22-23(18-12-6-8-14-20(18)30(33)34)29-21-15-9-7-13-19(21)27-26(29)28(24(22)31)16-17-10-4-3-5-11-17/h3-15,22-23H,2,16H2,1H3/t22-,23+/m1/s1. The Morgan fingerprint density at radius 1 is 1.03 bits per heavy atom. The molecule has 0 bridgehead atoms. The molecule has 4 aromatic rings. The molecule has 1 aliphatic heterocycles. The number of ether oxygens (including phenoxy) is 1. The summed E-state index contributed by atoms with van der Waals surface area (Å²) in [4.78, 5) is 44.8. The van der Waals surface area contributed by atoms with Gasteiger partial charge in [0.15, 0.2) is 5.92 Å². The van der Waals surface area contributed by atoms with Gasteiger partial charge in [-0.3, -0.25) is 24.6 Å². The normalized spacial score (nSPS) is 17.3. The number of amides is 1. The Balaban J connectivity index is 1.79. The van der Waals surface area contributed by atoms with Crippen molar-refractivity contribution in [3.8, 4) is 0 Å². The lowest BCUT2D eigenvalue weighted by Crippen LogP contribution is -2.49. The third-order valence-electron chi connectivity index (χ3n) is 6.12. The van der Waals surface area contributed by atoms with Crippen LogP contribution >= 0.6 is 0 Å². The molecule has 1 amide bonds. The molecule has 1 aromatic heterocycles. The molecule has 3 aromatic carbocycles. The molecular formula is C26H22N4O5. The van der Waals surface area contributed by atoms with E-state index >= 15 is 0 Å². The molecule has 9 heteroatoms. The molecule has 1 aliphatic rings. The first-order valence-electron chi connectivity index (χ1n) is 11.2. The Morgan fingerprint density at radius 2 is 1.71 bits per heavy atom. The van der Waals surface area contributed by atoms with Crippen LogP contribution in [0.15, 0.2) is 78.9 Å². The van der Waals surface area contributed by atoms with E-state index in [4.69, 9.17) is 9.72 Å². The van der Waals surface area contributed by atoms with Gasteiger partial charge in [-0.2, -0.15) is 0 Å². The van der Waals surface area contributed by atoms with E-state index in [2.05, 4.69) is 0 Å². The number of esters is 1. The minimum absolute atomic E-state index is 0.0719. The van der Waals surface area contributed by atoms with Crippen LogP contribution in [0.5, 0.6) is 0 Å². The van der Waals surface area contributed by atoms with Gasteiger partial charge in [-0.25, -0.2) is 4.98 Å². The highest BCUT2D eigenvalue weighted by molar-refractivity contribution is 6.08. The summed E-state index contributed by atoms with van der Waals surface area (Å²) in [5.41, 5.74) is 2.19. The second-order valence-corrected chi connectivity index (χ2v) is 8.17. The van der Waals surface area contributed by atoms with Crippen molar-refractivity contribution in [2.24, 2.45) is 5.92 Å². The highest BCUT2D eigenvalue weighted by Gasteiger charge is 2.49. The number of benzene rings is 3. The van der Waals surface area contributed by atoms with Gasteiger partial charge in [0.05, 0.1) is 40.7 Å². The first-order valence-corrected chi connectivity index (χ1v) is 11.2. The van der Waals surface area contributed by atoms with Crippen LogP contribution in [0.25, 0.3) is 11.0 Å². The van der Waals surface area contributed by atoms with Crippen molar-refractivity contribution in [2.75, 3.05) is 11.5 Å². The van der Waals surface area contributed by atoms with Crippen LogP contribution in [-0.4, -0.2) is 33.0 Å². The van der Waals surface area contributed by atoms with E-state index in [0.29, 0.717) is 17.0 Å². The van der Waals surface area contributed by atoms with Crippen molar-refractivity contribution in [2.45, 2.75) is 19.5 Å². The first kappa shape index (κ1) is 22.3. The zero-order valence-corrected chi connectivity index (χ0v) is 18.9. The Hall–Kier alpha value is -4.53. The van der Waals surface area contributed by atoms with E-state index in [1.165, 1.54) is 11.0 Å². The average Bonchev–Trinajstić information content (AvgIpc) is 3.25. The smallest absolute Gasteiger partial charge is 0.321 e. The molecule has 0 spiro atoms. The van der Waals surface area contributed by atoms with Gasteiger partial charge in [-0.05, 0) is 24.6 Å². The van der Waals surface area contributed by atoms with Crippen LogP contribution in [0.3, 0.4) is 0 Å². The molecule has 0 radical (unpaired) electrons. The van der Waals surface area contributed by atoms with Crippen molar-refractivity contribution in [1.29, 1.82) is 0 Å². The molecule has 176 valence electrons. The number of nitrogens with zero attached hydrogens (tertiary/aromatic N) is 4. The van der Waals surface area contributed by atoms with E-state index in [9.17, 15) is 19.7 Å². The van der Waals surface area contributed by atoms with E-state index in [-0.39, 0.29) is 24.4 Å². The minimum Gasteiger partial charge on any atom is -0.465 e. The Labute approximate surface area is 200 Å². The summed E-state index contributed by atoms with van der Waals surface area (Å²) in [6.07, 6.45) is 0. The zero-order chi connectivity index (χ0) is 24.5. The highest BCUT2D eigenvalue weighted by Crippen LogP contribution is 2.44. The number of nitro benzene ring substituents is 1. The molecule has 0 aliphatic carbocycles. The predicted molar refractivity (Wildman–Crippen MR) is 129 cm³/mol. The van der Waals surface area contributed by atoms with Crippen LogP contribution in [0.1, 0.15) is 24.1 Å². The van der Waals surface area contributed by atoms with Gasteiger partial charge in [0.2, 0.25) is 11.9 Å². The lowest BCUT2D eigenvalue weighted by molar-refractivity contribution is -0.385. The third kappa shape index (κ3) is 3.80. The molecular weight excluding hydrogens is 448 g/mol. The fourth-order valence-electron chi connectivity index (χ4n) is 4.65. The molecule has 9 nitrogen and oxygen atoms in total. The van der Waals surface area contributed by atoms with Crippen molar-refractivity contribution in [3.05, 3.63) is 100 Å². The predicted octanol–water partition coefficient (Wildman–Crippen LogP) is 4.26. The van der Waals surface area contributed by atoms with Gasteiger partial charge in [0.25, 0.3) is 5.69 Å². The molecule has 2 heterocycles. The Kier molecular flexibility index (Phi) is 5.74. The van der Waals surface area contributed by atoms with Crippen LogP contribution < -0.4 is 4.90 Å². The fourth-order valence-corrected chi connectivity index (χ4v) is 4.65. The molecule has 0 unspecified atom stereocenters. The number of para-hydroxylation sites is 3. The van der Waals surface area contributed by atoms with Crippen molar-refractivity contribution >= 4 is 34.5 Å². The number of imidazole rings is 1. The number of carbonyl (C=O) groups is 2. The quantitative estimate of drug-likeness (QED) is 0.180. The molecule has 0 N–H and O–H groups in total. The summed E-state index contributed by atoms with van der Waals surface area (Å²) in [5.74, 6) is -2.26. The SMILES string of the molecule is CCOC(=O)[C@H]1C(=O)N(Cc2ccccc2)c2nc3ccccc3n2[C@H]1c1ccccc1[N+](=O)[O-]. The maximum atomic E-state index is 14.0. The second kappa shape index (κ2) is 9.02. The number of carbonyl (C=O) groups excluding carboxylic acids is 2. The van der Waals surface area contributed by atoms with E-state index < -0.39 is 28.8 Å². The Bertz CT molecular complexity index is 1430. The summed E-state index contributed by atoms with van der Waals surface area (Å²) in [5, 5.41) is 11.9. The van der Waals surface area contributed by atoms with E-state index in [1.807, 2.05) is 54.6 Å². The molecule has 35 heavy (non-hydrogen) atoms. The molecule has 0 saturated heterocycles. The minimum atomic E-state index is -1.33. The maximum Gasteiger partial charge on any atom is 0.321 e. The molecule has 0 saturated carbocycles. The van der Waals surface area contributed by atoms with E-state index in [1.54, 1.807) is 29.7 Å². The maximum absolute atomic E-state index is 14.0. The zero-order valence-electron chi connectivity index (χ0n) is 18.9. The van der Waals surface area contributed by atoms with Crippen molar-refractivity contribution < 1.29 is 19.2 Å². The topological polar surface area (TPSA) is 108 Å². The lowest BCUT2D eigenvalue weighted by Gasteiger charge is -2.37. The van der Waals surface area contributed by atoms with Crippen LogP contribution in [-0.2, 0) is 20.9 Å². The fraction of sp³-hybridized carbons (Fsp3) is 0.192. The molecule has 2 atom stereocenters.